The normalized spacial score (nSPS) is 14.4. The van der Waals surface area contributed by atoms with Crippen LogP contribution in [0.3, 0.4) is 0 Å². The maximum Gasteiger partial charge on any atom is 0.191 e. The van der Waals surface area contributed by atoms with Gasteiger partial charge in [-0.1, -0.05) is 13.0 Å². The van der Waals surface area contributed by atoms with Gasteiger partial charge in [0.15, 0.2) is 17.6 Å². The average molecular weight is 489 g/mol. The van der Waals surface area contributed by atoms with Crippen molar-refractivity contribution in [2.45, 2.75) is 32.2 Å². The first kappa shape index (κ1) is 24.0. The van der Waals surface area contributed by atoms with Crippen LogP contribution in [0.4, 0.5) is 8.78 Å². The molecular formula is C16H26F2IN3O2S. The molecule has 2 unspecified atom stereocenters. The zero-order valence-corrected chi connectivity index (χ0v) is 18.0. The highest BCUT2D eigenvalue weighted by Gasteiger charge is 2.12. The van der Waals surface area contributed by atoms with Crippen LogP contribution in [0.15, 0.2) is 23.2 Å². The highest BCUT2D eigenvalue weighted by atomic mass is 127. The van der Waals surface area contributed by atoms with E-state index >= 15 is 0 Å². The van der Waals surface area contributed by atoms with Crippen LogP contribution in [0.2, 0.25) is 0 Å². The van der Waals surface area contributed by atoms with E-state index in [-0.39, 0.29) is 41.7 Å². The summed E-state index contributed by atoms with van der Waals surface area (Å²) < 4.78 is 48.6. The topological polar surface area (TPSA) is 70.6 Å². The van der Waals surface area contributed by atoms with Gasteiger partial charge in [-0.05, 0) is 37.0 Å². The Morgan fingerprint density at radius 2 is 1.88 bits per heavy atom. The largest absolute Gasteiger partial charge is 0.356 e. The minimum absolute atomic E-state index is 0. The van der Waals surface area contributed by atoms with Gasteiger partial charge in [-0.15, -0.1) is 24.0 Å². The lowest BCUT2D eigenvalue weighted by atomic mass is 10.0. The van der Waals surface area contributed by atoms with Crippen molar-refractivity contribution in [2.24, 2.45) is 4.99 Å². The molecule has 0 saturated carbocycles. The van der Waals surface area contributed by atoms with Crippen molar-refractivity contribution < 1.29 is 17.2 Å². The summed E-state index contributed by atoms with van der Waals surface area (Å²) in [6.45, 7) is 4.24. The minimum atomic E-state index is -3.00. The summed E-state index contributed by atoms with van der Waals surface area (Å²) in [6, 6.07) is 3.79. The van der Waals surface area contributed by atoms with Gasteiger partial charge in [-0.2, -0.15) is 0 Å². The Labute approximate surface area is 165 Å². The average Bonchev–Trinajstić information content (AvgIpc) is 2.51. The third kappa shape index (κ3) is 9.34. The molecule has 144 valence electrons. The second-order valence-corrected chi connectivity index (χ2v) is 8.25. The van der Waals surface area contributed by atoms with Crippen LogP contribution in [0.1, 0.15) is 31.7 Å². The van der Waals surface area contributed by atoms with E-state index in [9.17, 15) is 17.2 Å². The second kappa shape index (κ2) is 10.9. The zero-order valence-electron chi connectivity index (χ0n) is 14.8. The summed E-state index contributed by atoms with van der Waals surface area (Å²) in [5, 5.41) is 6.21. The van der Waals surface area contributed by atoms with Crippen molar-refractivity contribution in [3.63, 3.8) is 0 Å². The number of guanidine groups is 1. The molecule has 0 aromatic heterocycles. The van der Waals surface area contributed by atoms with E-state index in [0.717, 1.165) is 6.07 Å². The quantitative estimate of drug-likeness (QED) is 0.351. The van der Waals surface area contributed by atoms with Gasteiger partial charge in [0.1, 0.15) is 9.84 Å². The van der Waals surface area contributed by atoms with E-state index in [1.54, 1.807) is 13.1 Å². The molecule has 0 amide bonds. The Kier molecular flexibility index (Phi) is 10.5. The second-order valence-electron chi connectivity index (χ2n) is 5.99. The van der Waals surface area contributed by atoms with Crippen molar-refractivity contribution in [1.29, 1.82) is 0 Å². The molecule has 0 heterocycles. The minimum Gasteiger partial charge on any atom is -0.356 e. The standard InChI is InChI=1S/C16H25F2N3O2S.HI/c1-11(13-5-6-14(17)15(18)9-13)10-20-16(19-3)21-12(2)7-8-24(4,22)23;/h5-6,9,11-12H,7-8,10H2,1-4H3,(H2,19,20,21);1H. The molecule has 25 heavy (non-hydrogen) atoms. The lowest BCUT2D eigenvalue weighted by Crippen LogP contribution is -2.43. The van der Waals surface area contributed by atoms with E-state index in [0.29, 0.717) is 24.5 Å². The fraction of sp³-hybridized carbons (Fsp3) is 0.562. The number of hydrogen-bond acceptors (Lipinski definition) is 3. The van der Waals surface area contributed by atoms with E-state index < -0.39 is 21.5 Å². The Balaban J connectivity index is 0.00000576. The van der Waals surface area contributed by atoms with Gasteiger partial charge >= 0.3 is 0 Å². The van der Waals surface area contributed by atoms with Crippen molar-refractivity contribution in [3.8, 4) is 0 Å². The van der Waals surface area contributed by atoms with E-state index in [4.69, 9.17) is 0 Å². The fourth-order valence-electron chi connectivity index (χ4n) is 2.08. The molecule has 5 nitrogen and oxygen atoms in total. The molecule has 0 bridgehead atoms. The first-order chi connectivity index (χ1) is 11.1. The zero-order chi connectivity index (χ0) is 18.3. The molecule has 0 spiro atoms. The predicted octanol–water partition coefficient (Wildman–Crippen LogP) is 2.67. The molecule has 0 fully saturated rings. The van der Waals surface area contributed by atoms with Crippen molar-refractivity contribution in [2.75, 3.05) is 25.6 Å². The van der Waals surface area contributed by atoms with Gasteiger partial charge in [0.05, 0.1) is 5.75 Å². The molecule has 0 aliphatic carbocycles. The number of sulfone groups is 1. The van der Waals surface area contributed by atoms with Gasteiger partial charge in [0, 0.05) is 25.9 Å². The Bertz CT molecular complexity index is 684. The molecule has 1 aromatic carbocycles. The SMILES string of the molecule is CN=C(NCC(C)c1ccc(F)c(F)c1)NC(C)CCS(C)(=O)=O.I. The number of hydrogen-bond donors (Lipinski definition) is 2. The number of aliphatic imine (C=N–C) groups is 1. The van der Waals surface area contributed by atoms with Gasteiger partial charge in [-0.25, -0.2) is 17.2 Å². The van der Waals surface area contributed by atoms with Crippen LogP contribution >= 0.6 is 24.0 Å². The molecule has 0 aliphatic rings. The van der Waals surface area contributed by atoms with Crippen molar-refractivity contribution in [3.05, 3.63) is 35.4 Å². The molecular weight excluding hydrogens is 463 g/mol. The third-order valence-electron chi connectivity index (χ3n) is 3.62. The molecule has 0 radical (unpaired) electrons. The Morgan fingerprint density at radius 1 is 1.24 bits per heavy atom. The molecule has 1 rings (SSSR count). The van der Waals surface area contributed by atoms with Gasteiger partial charge in [0.2, 0.25) is 0 Å². The van der Waals surface area contributed by atoms with Crippen molar-refractivity contribution >= 4 is 39.8 Å². The Hall–Kier alpha value is -0.970. The number of nitrogens with zero attached hydrogens (tertiary/aromatic N) is 1. The summed E-state index contributed by atoms with van der Waals surface area (Å²) in [7, 11) is -1.39. The van der Waals surface area contributed by atoms with Gasteiger partial charge < -0.3 is 10.6 Å². The van der Waals surface area contributed by atoms with Crippen LogP contribution in [-0.4, -0.2) is 46.0 Å². The van der Waals surface area contributed by atoms with Crippen molar-refractivity contribution in [1.82, 2.24) is 10.6 Å². The summed E-state index contributed by atoms with van der Waals surface area (Å²) in [5.74, 6) is -1.15. The summed E-state index contributed by atoms with van der Waals surface area (Å²) >= 11 is 0. The van der Waals surface area contributed by atoms with Crippen LogP contribution < -0.4 is 10.6 Å². The number of halogens is 3. The number of rotatable bonds is 7. The molecule has 9 heteroatoms. The third-order valence-corrected chi connectivity index (χ3v) is 4.59. The first-order valence-corrected chi connectivity index (χ1v) is 9.78. The fourth-order valence-corrected chi connectivity index (χ4v) is 2.86. The monoisotopic (exact) mass is 489 g/mol. The molecule has 0 saturated heterocycles. The number of nitrogens with one attached hydrogen (secondary N) is 2. The van der Waals surface area contributed by atoms with Crippen LogP contribution in [0, 0.1) is 11.6 Å². The molecule has 2 atom stereocenters. The summed E-state index contributed by atoms with van der Waals surface area (Å²) in [4.78, 5) is 4.08. The van der Waals surface area contributed by atoms with Crippen LogP contribution in [-0.2, 0) is 9.84 Å². The highest BCUT2D eigenvalue weighted by molar-refractivity contribution is 14.0. The molecule has 1 aromatic rings. The molecule has 0 aliphatic heterocycles. The summed E-state index contributed by atoms with van der Waals surface area (Å²) in [6.07, 6.45) is 1.68. The van der Waals surface area contributed by atoms with Gasteiger partial charge in [0.25, 0.3) is 0 Å². The van der Waals surface area contributed by atoms with Crippen LogP contribution in [0.5, 0.6) is 0 Å². The van der Waals surface area contributed by atoms with E-state index in [1.165, 1.54) is 12.3 Å². The number of benzene rings is 1. The molecule has 2 N–H and O–H groups in total. The maximum absolute atomic E-state index is 13.3. The highest BCUT2D eigenvalue weighted by Crippen LogP contribution is 2.17. The first-order valence-electron chi connectivity index (χ1n) is 7.72. The lowest BCUT2D eigenvalue weighted by molar-refractivity contribution is 0.505. The van der Waals surface area contributed by atoms with Gasteiger partial charge in [-0.3, -0.25) is 4.99 Å². The summed E-state index contributed by atoms with van der Waals surface area (Å²) in [5.41, 5.74) is 0.682. The van der Waals surface area contributed by atoms with Crippen LogP contribution in [0.25, 0.3) is 0 Å². The maximum atomic E-state index is 13.3. The van der Waals surface area contributed by atoms with E-state index in [1.807, 2.05) is 13.8 Å². The lowest BCUT2D eigenvalue weighted by Gasteiger charge is -2.20. The van der Waals surface area contributed by atoms with E-state index in [2.05, 4.69) is 15.6 Å². The Morgan fingerprint density at radius 3 is 2.40 bits per heavy atom. The smallest absolute Gasteiger partial charge is 0.191 e. The predicted molar refractivity (Wildman–Crippen MR) is 108 cm³/mol.